The van der Waals surface area contributed by atoms with E-state index in [0.29, 0.717) is 0 Å². The first-order chi connectivity index (χ1) is 16.4. The van der Waals surface area contributed by atoms with Crippen molar-refractivity contribution in [3.05, 3.63) is 103 Å². The molecule has 5 rings (SSSR count). The van der Waals surface area contributed by atoms with Gasteiger partial charge in [0.15, 0.2) is 0 Å². The molecule has 3 aromatic rings. The van der Waals surface area contributed by atoms with Crippen molar-refractivity contribution >= 4 is 47.2 Å². The molecule has 0 spiro atoms. The van der Waals surface area contributed by atoms with Gasteiger partial charge in [-0.2, -0.15) is 0 Å². The summed E-state index contributed by atoms with van der Waals surface area (Å²) in [6.07, 6.45) is 8.84. The summed E-state index contributed by atoms with van der Waals surface area (Å²) in [4.78, 5) is 0. The van der Waals surface area contributed by atoms with Crippen molar-refractivity contribution in [1.29, 1.82) is 0 Å². The van der Waals surface area contributed by atoms with E-state index in [1.54, 1.807) is 0 Å². The van der Waals surface area contributed by atoms with Gasteiger partial charge in [0.05, 0.1) is 0 Å². The SMILES string of the molecule is Cl.Cl.[CH2]=[Zr]([C]1=CC=CC1)([c]1cccc(Cl)c1)[c]1cc(C(C)(C)C)cc2c1Cc1ccc(C(C)(C)C)cc1-2. The van der Waals surface area contributed by atoms with Gasteiger partial charge < -0.3 is 0 Å². The standard InChI is InChI=1S/C21H25.C6H4Cl.C5H5.CH2.2ClH.Zr/c1-20(2,3)16-9-7-14-11-15-8-10-17(21(4,5)6)13-19(15)18(14)12-16;7-6-4-2-1-3-5-6;1-2-4-5-3-1;;;;/h7,9-10,12-13H,11H2,1-6H3;1-2,4-5H;1-3H,4H2;1H2;2*1H;. The van der Waals surface area contributed by atoms with Crippen LogP contribution in [0.4, 0.5) is 0 Å². The Morgan fingerprint density at radius 1 is 0.811 bits per heavy atom. The minimum atomic E-state index is -3.51. The second-order valence-corrected chi connectivity index (χ2v) is 21.5. The van der Waals surface area contributed by atoms with Crippen LogP contribution in [0, 0.1) is 0 Å². The maximum absolute atomic E-state index is 6.57. The molecule has 4 heteroatoms. The second kappa shape index (κ2) is 10.7. The fourth-order valence-electron chi connectivity index (χ4n) is 5.59. The molecule has 2 aliphatic carbocycles. The Hall–Kier alpha value is -1.24. The van der Waals surface area contributed by atoms with Crippen molar-refractivity contribution in [2.75, 3.05) is 0 Å². The molecule has 0 nitrogen and oxygen atoms in total. The van der Waals surface area contributed by atoms with Crippen molar-refractivity contribution < 1.29 is 19.8 Å². The van der Waals surface area contributed by atoms with Gasteiger partial charge in [-0.15, -0.1) is 24.8 Å². The molecule has 1 unspecified atom stereocenters. The Bertz CT molecular complexity index is 1450. The van der Waals surface area contributed by atoms with Crippen LogP contribution < -0.4 is 6.54 Å². The van der Waals surface area contributed by atoms with Crippen molar-refractivity contribution in [3.8, 4) is 11.1 Å². The summed E-state index contributed by atoms with van der Waals surface area (Å²) >= 11 is 3.06. The van der Waals surface area contributed by atoms with E-state index in [4.69, 9.17) is 15.8 Å². The predicted molar refractivity (Wildman–Crippen MR) is 166 cm³/mol. The Balaban J connectivity index is 0.00000190. The monoisotopic (exact) mass is 629 g/mol. The van der Waals surface area contributed by atoms with Gasteiger partial charge in [-0.1, -0.05) is 0 Å². The van der Waals surface area contributed by atoms with Crippen molar-refractivity contribution in [2.45, 2.75) is 65.2 Å². The predicted octanol–water partition coefficient (Wildman–Crippen LogP) is 8.73. The molecule has 0 amide bonds. The zero-order valence-electron chi connectivity index (χ0n) is 22.7. The third-order valence-corrected chi connectivity index (χ3v) is 18.2. The molecule has 2 aliphatic rings. The van der Waals surface area contributed by atoms with Gasteiger partial charge in [-0.3, -0.25) is 0 Å². The molecular weight excluding hydrogens is 594 g/mol. The summed E-state index contributed by atoms with van der Waals surface area (Å²) < 4.78 is 9.61. The fourth-order valence-corrected chi connectivity index (χ4v) is 15.3. The van der Waals surface area contributed by atoms with Crippen LogP contribution in [0.3, 0.4) is 0 Å². The number of halogens is 3. The van der Waals surface area contributed by atoms with Crippen LogP contribution in [0.25, 0.3) is 11.1 Å². The fraction of sp³-hybridized carbons (Fsp3) is 0.303. The van der Waals surface area contributed by atoms with E-state index in [1.807, 2.05) is 6.07 Å². The van der Waals surface area contributed by atoms with E-state index in [1.165, 1.54) is 43.2 Å². The van der Waals surface area contributed by atoms with E-state index in [0.717, 1.165) is 17.9 Å². The minimum absolute atomic E-state index is 0. The molecule has 0 aromatic heterocycles. The topological polar surface area (TPSA) is 0 Å². The van der Waals surface area contributed by atoms with Gasteiger partial charge in [0.25, 0.3) is 0 Å². The van der Waals surface area contributed by atoms with Crippen molar-refractivity contribution in [1.82, 2.24) is 0 Å². The van der Waals surface area contributed by atoms with Gasteiger partial charge in [-0.05, 0) is 0 Å². The van der Waals surface area contributed by atoms with E-state index in [-0.39, 0.29) is 35.6 Å². The van der Waals surface area contributed by atoms with Gasteiger partial charge in [0.2, 0.25) is 0 Å². The number of allylic oxidation sites excluding steroid dienone is 4. The van der Waals surface area contributed by atoms with E-state index in [9.17, 15) is 0 Å². The Morgan fingerprint density at radius 3 is 2.08 bits per heavy atom. The number of fused-ring (bicyclic) bond motifs is 3. The molecule has 1 atom stereocenters. The van der Waals surface area contributed by atoms with E-state index < -0.39 is 19.8 Å². The van der Waals surface area contributed by atoms with Crippen molar-refractivity contribution in [3.63, 3.8) is 0 Å². The first-order valence-corrected chi connectivity index (χ1v) is 18.5. The third-order valence-electron chi connectivity index (χ3n) is 7.85. The first-order valence-electron chi connectivity index (χ1n) is 12.7. The third kappa shape index (κ3) is 5.45. The summed E-state index contributed by atoms with van der Waals surface area (Å²) in [6.45, 7) is 13.9. The Labute approximate surface area is 244 Å². The molecule has 195 valence electrons. The van der Waals surface area contributed by atoms with Crippen LogP contribution in [-0.2, 0) is 37.0 Å². The van der Waals surface area contributed by atoms with Gasteiger partial charge >= 0.3 is 222 Å². The zero-order valence-corrected chi connectivity index (χ0v) is 27.6. The van der Waals surface area contributed by atoms with E-state index >= 15 is 0 Å². The maximum atomic E-state index is 6.57. The van der Waals surface area contributed by atoms with Crippen LogP contribution in [0.15, 0.2) is 76.1 Å². The average Bonchev–Trinajstić information content (AvgIpc) is 3.44. The van der Waals surface area contributed by atoms with Crippen molar-refractivity contribution in [2.24, 2.45) is 0 Å². The zero-order chi connectivity index (χ0) is 25.2. The molecule has 37 heavy (non-hydrogen) atoms. The van der Waals surface area contributed by atoms with E-state index in [2.05, 4.69) is 108 Å². The summed E-state index contributed by atoms with van der Waals surface area (Å²) in [7, 11) is 0. The molecule has 0 saturated carbocycles. The molecular formula is C33H38Cl3Zr. The Kier molecular flexibility index (Phi) is 8.79. The number of hydrogen-bond acceptors (Lipinski definition) is 0. The second-order valence-electron chi connectivity index (χ2n) is 12.3. The van der Waals surface area contributed by atoms with Crippen LogP contribution in [-0.4, -0.2) is 4.21 Å². The molecule has 0 aliphatic heterocycles. The van der Waals surface area contributed by atoms with Crippen LogP contribution in [0.1, 0.15) is 70.2 Å². The average molecular weight is 632 g/mol. The van der Waals surface area contributed by atoms with Gasteiger partial charge in [0.1, 0.15) is 0 Å². The molecule has 0 N–H and O–H groups in total. The van der Waals surface area contributed by atoms with Crippen LogP contribution >= 0.6 is 36.4 Å². The van der Waals surface area contributed by atoms with Gasteiger partial charge in [0, 0.05) is 0 Å². The molecule has 0 saturated heterocycles. The number of benzene rings is 3. The molecule has 0 heterocycles. The summed E-state index contributed by atoms with van der Waals surface area (Å²) in [5, 5.41) is 0.806. The molecule has 3 aromatic carbocycles. The summed E-state index contributed by atoms with van der Waals surface area (Å²) in [6, 6.07) is 20.7. The molecule has 0 bridgehead atoms. The normalized spacial score (nSPS) is 15.7. The molecule has 0 fully saturated rings. The quantitative estimate of drug-likeness (QED) is 0.212. The Morgan fingerprint density at radius 2 is 1.49 bits per heavy atom. The number of hydrogen-bond donors (Lipinski definition) is 0. The first kappa shape index (κ1) is 30.3. The summed E-state index contributed by atoms with van der Waals surface area (Å²) in [5.41, 5.74) is 8.75. The number of rotatable bonds is 3. The van der Waals surface area contributed by atoms with Gasteiger partial charge in [-0.25, -0.2) is 0 Å². The van der Waals surface area contributed by atoms with Crippen LogP contribution in [0.5, 0.6) is 0 Å². The van der Waals surface area contributed by atoms with Crippen LogP contribution in [0.2, 0.25) is 5.02 Å². The summed E-state index contributed by atoms with van der Waals surface area (Å²) in [5.74, 6) is 0. The molecule has 0 radical (unpaired) electrons.